The first kappa shape index (κ1) is 13.9. The van der Waals surface area contributed by atoms with Crippen molar-refractivity contribution >= 4 is 5.69 Å². The second-order valence-corrected chi connectivity index (χ2v) is 6.97. The van der Waals surface area contributed by atoms with Gasteiger partial charge in [0.15, 0.2) is 0 Å². The number of anilines is 1. The number of hydrogen-bond acceptors (Lipinski definition) is 2. The van der Waals surface area contributed by atoms with Crippen molar-refractivity contribution < 1.29 is 0 Å². The average Bonchev–Trinajstić information content (AvgIpc) is 3.31. The number of hydrogen-bond donors (Lipinski definition) is 1. The Hall–Kier alpha value is -1.02. The normalized spacial score (nSPS) is 22.0. The first-order valence-electron chi connectivity index (χ1n) is 8.26. The Bertz CT molecular complexity index is 425. The number of nitrogens with one attached hydrogen (secondary N) is 1. The Morgan fingerprint density at radius 2 is 1.80 bits per heavy atom. The van der Waals surface area contributed by atoms with Crippen LogP contribution in [0.2, 0.25) is 0 Å². The van der Waals surface area contributed by atoms with Gasteiger partial charge in [-0.25, -0.2) is 0 Å². The topological polar surface area (TPSA) is 15.3 Å². The highest BCUT2D eigenvalue weighted by atomic mass is 15.1. The fourth-order valence-electron chi connectivity index (χ4n) is 3.03. The summed E-state index contributed by atoms with van der Waals surface area (Å²) < 4.78 is 0. The average molecular weight is 272 g/mol. The number of nitrogens with zero attached hydrogens (tertiary/aromatic N) is 1. The molecular formula is C18H28N2. The summed E-state index contributed by atoms with van der Waals surface area (Å²) in [6, 6.07) is 9.98. The van der Waals surface area contributed by atoms with E-state index < -0.39 is 0 Å². The monoisotopic (exact) mass is 272 g/mol. The maximum atomic E-state index is 3.58. The quantitative estimate of drug-likeness (QED) is 0.873. The lowest BCUT2D eigenvalue weighted by molar-refractivity contribution is 0.238. The van der Waals surface area contributed by atoms with Gasteiger partial charge in [-0.2, -0.15) is 0 Å². The van der Waals surface area contributed by atoms with Crippen LogP contribution in [-0.2, 0) is 6.54 Å². The summed E-state index contributed by atoms with van der Waals surface area (Å²) >= 11 is 0. The van der Waals surface area contributed by atoms with Crippen LogP contribution in [0.25, 0.3) is 0 Å². The van der Waals surface area contributed by atoms with Gasteiger partial charge in [-0.05, 0) is 48.8 Å². The molecule has 0 aromatic heterocycles. The second-order valence-electron chi connectivity index (χ2n) is 6.97. The van der Waals surface area contributed by atoms with Crippen molar-refractivity contribution in [2.24, 2.45) is 5.41 Å². The Morgan fingerprint density at radius 1 is 1.15 bits per heavy atom. The van der Waals surface area contributed by atoms with Crippen molar-refractivity contribution in [1.82, 2.24) is 5.32 Å². The van der Waals surface area contributed by atoms with Gasteiger partial charge in [0.2, 0.25) is 0 Å². The van der Waals surface area contributed by atoms with Crippen molar-refractivity contribution in [3.8, 4) is 0 Å². The Morgan fingerprint density at radius 3 is 2.35 bits per heavy atom. The fraction of sp³-hybridized carbons (Fsp3) is 0.667. The Kier molecular flexibility index (Phi) is 4.02. The molecule has 3 rings (SSSR count). The van der Waals surface area contributed by atoms with Crippen molar-refractivity contribution in [2.45, 2.75) is 58.5 Å². The van der Waals surface area contributed by atoms with Crippen LogP contribution in [0.5, 0.6) is 0 Å². The van der Waals surface area contributed by atoms with Gasteiger partial charge >= 0.3 is 0 Å². The maximum absolute atomic E-state index is 3.58. The van der Waals surface area contributed by atoms with E-state index in [1.54, 1.807) is 0 Å². The maximum Gasteiger partial charge on any atom is 0.0366 e. The van der Waals surface area contributed by atoms with E-state index in [0.717, 1.165) is 12.6 Å². The molecule has 1 N–H and O–H groups in total. The van der Waals surface area contributed by atoms with Gasteiger partial charge < -0.3 is 10.2 Å². The van der Waals surface area contributed by atoms with Gasteiger partial charge in [0.05, 0.1) is 0 Å². The lowest BCUT2D eigenvalue weighted by atomic mass is 9.78. The van der Waals surface area contributed by atoms with Crippen molar-refractivity contribution in [1.29, 1.82) is 0 Å². The van der Waals surface area contributed by atoms with Crippen LogP contribution in [0, 0.1) is 5.41 Å². The van der Waals surface area contributed by atoms with E-state index >= 15 is 0 Å². The molecule has 1 aliphatic heterocycles. The zero-order valence-electron chi connectivity index (χ0n) is 13.0. The van der Waals surface area contributed by atoms with Gasteiger partial charge in [-0.1, -0.05) is 32.4 Å². The SMILES string of the molecule is CCC1(C)CCN(c2ccc(CNC3CC3)cc2)CC1. The van der Waals surface area contributed by atoms with E-state index in [0.29, 0.717) is 5.41 Å². The van der Waals surface area contributed by atoms with Crippen LogP contribution in [0.4, 0.5) is 5.69 Å². The second kappa shape index (κ2) is 5.77. The zero-order valence-corrected chi connectivity index (χ0v) is 13.0. The van der Waals surface area contributed by atoms with Crippen LogP contribution in [-0.4, -0.2) is 19.1 Å². The molecule has 0 amide bonds. The lowest BCUT2D eigenvalue weighted by Gasteiger charge is -2.40. The fourth-order valence-corrected chi connectivity index (χ4v) is 3.03. The molecule has 1 aromatic rings. The predicted octanol–water partition coefficient (Wildman–Crippen LogP) is 3.96. The van der Waals surface area contributed by atoms with Crippen LogP contribution in [0.1, 0.15) is 51.5 Å². The molecule has 1 aromatic carbocycles. The summed E-state index contributed by atoms with van der Waals surface area (Å²) in [7, 11) is 0. The third-order valence-electron chi connectivity index (χ3n) is 5.30. The van der Waals surface area contributed by atoms with Gasteiger partial charge in [0.1, 0.15) is 0 Å². The molecule has 1 heterocycles. The molecule has 0 radical (unpaired) electrons. The van der Waals surface area contributed by atoms with E-state index in [-0.39, 0.29) is 0 Å². The summed E-state index contributed by atoms with van der Waals surface area (Å²) in [6.07, 6.45) is 6.69. The summed E-state index contributed by atoms with van der Waals surface area (Å²) in [5.74, 6) is 0. The van der Waals surface area contributed by atoms with Gasteiger partial charge in [0.25, 0.3) is 0 Å². The minimum Gasteiger partial charge on any atom is -0.371 e. The predicted molar refractivity (Wildman–Crippen MR) is 86.1 cm³/mol. The summed E-state index contributed by atoms with van der Waals surface area (Å²) in [5.41, 5.74) is 3.39. The molecule has 1 saturated carbocycles. The molecule has 2 fully saturated rings. The van der Waals surface area contributed by atoms with Crippen LogP contribution in [0.3, 0.4) is 0 Å². The third-order valence-corrected chi connectivity index (χ3v) is 5.30. The minimum absolute atomic E-state index is 0.574. The molecule has 20 heavy (non-hydrogen) atoms. The van der Waals surface area contributed by atoms with Crippen molar-refractivity contribution in [3.05, 3.63) is 29.8 Å². The first-order chi connectivity index (χ1) is 9.68. The third kappa shape index (κ3) is 3.35. The van der Waals surface area contributed by atoms with Crippen LogP contribution in [0.15, 0.2) is 24.3 Å². The zero-order chi connectivity index (χ0) is 14.0. The van der Waals surface area contributed by atoms with Gasteiger partial charge in [-0.3, -0.25) is 0 Å². The molecule has 1 saturated heterocycles. The molecular weight excluding hydrogens is 244 g/mol. The molecule has 0 unspecified atom stereocenters. The smallest absolute Gasteiger partial charge is 0.0366 e. The highest BCUT2D eigenvalue weighted by Gasteiger charge is 2.28. The van der Waals surface area contributed by atoms with Crippen LogP contribution >= 0.6 is 0 Å². The van der Waals surface area contributed by atoms with E-state index in [1.165, 1.54) is 56.4 Å². The summed E-state index contributed by atoms with van der Waals surface area (Å²) in [4.78, 5) is 2.55. The summed E-state index contributed by atoms with van der Waals surface area (Å²) in [5, 5.41) is 3.58. The van der Waals surface area contributed by atoms with Crippen LogP contribution < -0.4 is 10.2 Å². The standard InChI is InChI=1S/C18H28N2/c1-3-18(2)10-12-20(13-11-18)17-8-4-15(5-9-17)14-19-16-6-7-16/h4-5,8-9,16,19H,3,6-7,10-14H2,1-2H3. The largest absolute Gasteiger partial charge is 0.371 e. The van der Waals surface area contributed by atoms with Gasteiger partial charge in [-0.15, -0.1) is 0 Å². The Balaban J connectivity index is 1.54. The molecule has 0 bridgehead atoms. The number of benzene rings is 1. The van der Waals surface area contributed by atoms with Gasteiger partial charge in [0, 0.05) is 31.4 Å². The van der Waals surface area contributed by atoms with Crippen molar-refractivity contribution in [2.75, 3.05) is 18.0 Å². The molecule has 0 spiro atoms. The highest BCUT2D eigenvalue weighted by molar-refractivity contribution is 5.48. The minimum atomic E-state index is 0.574. The van der Waals surface area contributed by atoms with E-state index in [9.17, 15) is 0 Å². The molecule has 2 aliphatic rings. The Labute approximate surface area is 123 Å². The first-order valence-corrected chi connectivity index (χ1v) is 8.26. The van der Waals surface area contributed by atoms with Crippen molar-refractivity contribution in [3.63, 3.8) is 0 Å². The van der Waals surface area contributed by atoms with E-state index in [4.69, 9.17) is 0 Å². The van der Waals surface area contributed by atoms with E-state index in [1.807, 2.05) is 0 Å². The molecule has 2 nitrogen and oxygen atoms in total. The molecule has 2 heteroatoms. The molecule has 110 valence electrons. The number of rotatable bonds is 5. The van der Waals surface area contributed by atoms with E-state index in [2.05, 4.69) is 48.3 Å². The number of piperidine rings is 1. The highest BCUT2D eigenvalue weighted by Crippen LogP contribution is 2.35. The summed E-state index contributed by atoms with van der Waals surface area (Å²) in [6.45, 7) is 8.22. The molecule has 1 aliphatic carbocycles. The lowest BCUT2D eigenvalue weighted by Crippen LogP contribution is -2.38. The molecule has 0 atom stereocenters.